The molecule has 1 fully saturated rings. The number of carbonyl (C=O) groups excluding carboxylic acids is 2. The lowest BCUT2D eigenvalue weighted by Crippen LogP contribution is -2.24. The molecule has 0 radical (unpaired) electrons. The molecular weight excluding hydrogens is 371 g/mol. The summed E-state index contributed by atoms with van der Waals surface area (Å²) in [5, 5.41) is 14.2. The van der Waals surface area contributed by atoms with Crippen LogP contribution in [0.3, 0.4) is 0 Å². The lowest BCUT2D eigenvalue weighted by Gasteiger charge is -2.23. The number of allylic oxidation sites excluding steroid dienone is 3. The number of imide groups is 1. The first kappa shape index (κ1) is 19.1. The number of nitrogens with zero attached hydrogens (tertiary/aromatic N) is 1. The Morgan fingerprint density at radius 2 is 2.26 bits per heavy atom. The van der Waals surface area contributed by atoms with Gasteiger partial charge in [-0.25, -0.2) is 4.39 Å². The normalized spacial score (nSPS) is 24.3. The van der Waals surface area contributed by atoms with E-state index < -0.39 is 11.7 Å². The number of ether oxygens (including phenoxy) is 1. The van der Waals surface area contributed by atoms with Gasteiger partial charge in [0.1, 0.15) is 11.5 Å². The smallest absolute Gasteiger partial charge is 0.290 e. The topological polar surface area (TPSA) is 88.0 Å². The van der Waals surface area contributed by atoms with E-state index in [4.69, 9.17) is 4.74 Å². The van der Waals surface area contributed by atoms with Crippen molar-refractivity contribution in [3.63, 3.8) is 0 Å². The number of oxime groups is 1. The maximum absolute atomic E-state index is 13.3. The van der Waals surface area contributed by atoms with Crippen molar-refractivity contribution in [2.75, 3.05) is 6.61 Å². The van der Waals surface area contributed by atoms with Crippen molar-refractivity contribution in [2.45, 2.75) is 13.0 Å². The zero-order valence-corrected chi connectivity index (χ0v) is 15.2. The number of halogens is 1. The summed E-state index contributed by atoms with van der Waals surface area (Å²) in [5.41, 5.74) is 1.47. The second kappa shape index (κ2) is 8.32. The summed E-state index contributed by atoms with van der Waals surface area (Å²) in [4.78, 5) is 23.2. The highest BCUT2D eigenvalue weighted by Crippen LogP contribution is 2.27. The van der Waals surface area contributed by atoms with Gasteiger partial charge in [0.05, 0.1) is 17.6 Å². The van der Waals surface area contributed by atoms with E-state index in [0.717, 1.165) is 17.3 Å². The maximum atomic E-state index is 13.3. The standard InChI is InChI=1S/C19H17FN2O4S/c1-11-7-12(8-17-18(23)21-19(24)27-17)5-6-16(11)26-10-15(22-25)13-3-2-4-14(20)9-13/h2-9,11,16,25H,10H2,1H3,(H,21,23,24)/b17-8-,22-15+. The van der Waals surface area contributed by atoms with E-state index in [9.17, 15) is 19.2 Å². The zero-order chi connectivity index (χ0) is 19.4. The Morgan fingerprint density at radius 3 is 2.89 bits per heavy atom. The third kappa shape index (κ3) is 4.72. The van der Waals surface area contributed by atoms with Gasteiger partial charge in [-0.05, 0) is 35.5 Å². The van der Waals surface area contributed by atoms with Gasteiger partial charge in [0.15, 0.2) is 0 Å². The number of amides is 2. The quantitative estimate of drug-likeness (QED) is 0.349. The van der Waals surface area contributed by atoms with Crippen molar-refractivity contribution < 1.29 is 23.9 Å². The van der Waals surface area contributed by atoms with Gasteiger partial charge in [-0.1, -0.05) is 42.4 Å². The summed E-state index contributed by atoms with van der Waals surface area (Å²) in [7, 11) is 0. The van der Waals surface area contributed by atoms with Gasteiger partial charge >= 0.3 is 0 Å². The van der Waals surface area contributed by atoms with Crippen molar-refractivity contribution in [3.05, 3.63) is 70.4 Å². The highest BCUT2D eigenvalue weighted by molar-refractivity contribution is 8.18. The summed E-state index contributed by atoms with van der Waals surface area (Å²) in [6.45, 7) is 1.95. The minimum atomic E-state index is -0.424. The number of hydrogen-bond donors (Lipinski definition) is 2. The molecule has 6 nitrogen and oxygen atoms in total. The summed E-state index contributed by atoms with van der Waals surface area (Å²) in [5.74, 6) is -0.837. The Bertz CT molecular complexity index is 891. The Morgan fingerprint density at radius 1 is 1.44 bits per heavy atom. The molecule has 0 spiro atoms. The van der Waals surface area contributed by atoms with E-state index in [0.29, 0.717) is 10.5 Å². The van der Waals surface area contributed by atoms with Crippen LogP contribution in [0.15, 0.2) is 64.2 Å². The average molecular weight is 388 g/mol. The summed E-state index contributed by atoms with van der Waals surface area (Å²) >= 11 is 0.867. The van der Waals surface area contributed by atoms with Gasteiger partial charge in [0.25, 0.3) is 11.1 Å². The molecule has 1 aliphatic heterocycles. The molecule has 2 N–H and O–H groups in total. The summed E-state index contributed by atoms with van der Waals surface area (Å²) in [6, 6.07) is 5.75. The van der Waals surface area contributed by atoms with Crippen LogP contribution in [-0.2, 0) is 9.53 Å². The molecule has 2 atom stereocenters. The predicted molar refractivity (Wildman–Crippen MR) is 100 cm³/mol. The van der Waals surface area contributed by atoms with Gasteiger partial charge in [-0.2, -0.15) is 0 Å². The number of carbonyl (C=O) groups is 2. The van der Waals surface area contributed by atoms with Crippen LogP contribution >= 0.6 is 11.8 Å². The number of benzene rings is 1. The molecule has 2 unspecified atom stereocenters. The lowest BCUT2D eigenvalue weighted by atomic mass is 9.94. The number of hydrogen-bond acceptors (Lipinski definition) is 6. The fourth-order valence-electron chi connectivity index (χ4n) is 2.72. The first-order chi connectivity index (χ1) is 13.0. The van der Waals surface area contributed by atoms with Crippen LogP contribution in [0, 0.1) is 11.7 Å². The Balaban J connectivity index is 1.63. The van der Waals surface area contributed by atoms with Crippen molar-refractivity contribution >= 4 is 28.6 Å². The van der Waals surface area contributed by atoms with Crippen molar-refractivity contribution in [1.29, 1.82) is 0 Å². The maximum Gasteiger partial charge on any atom is 0.290 e. The van der Waals surface area contributed by atoms with Crippen molar-refractivity contribution in [2.24, 2.45) is 11.1 Å². The molecule has 1 aliphatic carbocycles. The average Bonchev–Trinajstić information content (AvgIpc) is 2.94. The van der Waals surface area contributed by atoms with E-state index in [1.807, 2.05) is 19.1 Å². The second-order valence-electron chi connectivity index (χ2n) is 6.07. The van der Waals surface area contributed by atoms with E-state index in [2.05, 4.69) is 10.5 Å². The van der Waals surface area contributed by atoms with Crippen LogP contribution in [0.4, 0.5) is 9.18 Å². The Kier molecular flexibility index (Phi) is 5.88. The molecule has 27 heavy (non-hydrogen) atoms. The van der Waals surface area contributed by atoms with Gasteiger partial charge in [0.2, 0.25) is 0 Å². The minimum absolute atomic E-state index is 0.0102. The Labute approximate surface area is 159 Å². The van der Waals surface area contributed by atoms with Crippen LogP contribution in [0.2, 0.25) is 0 Å². The van der Waals surface area contributed by atoms with Gasteiger partial charge in [-0.3, -0.25) is 14.9 Å². The molecule has 2 aliphatic rings. The van der Waals surface area contributed by atoms with Crippen molar-refractivity contribution in [3.8, 4) is 0 Å². The molecule has 0 aromatic heterocycles. The molecule has 0 saturated carbocycles. The van der Waals surface area contributed by atoms with Crippen LogP contribution in [0.25, 0.3) is 0 Å². The second-order valence-corrected chi connectivity index (χ2v) is 7.08. The molecular formula is C19H17FN2O4S. The fourth-order valence-corrected chi connectivity index (χ4v) is 3.41. The molecule has 140 valence electrons. The molecule has 1 aromatic rings. The molecule has 0 bridgehead atoms. The molecule has 2 amide bonds. The number of rotatable bonds is 5. The number of nitrogens with one attached hydrogen (secondary N) is 1. The van der Waals surface area contributed by atoms with Crippen LogP contribution < -0.4 is 5.32 Å². The first-order valence-corrected chi connectivity index (χ1v) is 9.01. The van der Waals surface area contributed by atoms with Gasteiger partial charge < -0.3 is 9.94 Å². The largest absolute Gasteiger partial charge is 0.411 e. The molecule has 1 saturated heterocycles. The highest BCUT2D eigenvalue weighted by Gasteiger charge is 2.26. The SMILES string of the molecule is CC1C=C(/C=C2\SC(=O)NC2=O)C=CC1OC/C(=N\O)c1cccc(F)c1. The number of thioether (sulfide) groups is 1. The molecule has 3 rings (SSSR count). The third-order valence-electron chi connectivity index (χ3n) is 4.08. The third-order valence-corrected chi connectivity index (χ3v) is 4.89. The van der Waals surface area contributed by atoms with Crippen molar-refractivity contribution in [1.82, 2.24) is 5.32 Å². The van der Waals surface area contributed by atoms with Crippen LogP contribution in [0.5, 0.6) is 0 Å². The Hall–Kier alpha value is -2.71. The molecule has 1 heterocycles. The van der Waals surface area contributed by atoms with E-state index in [1.54, 1.807) is 18.2 Å². The lowest BCUT2D eigenvalue weighted by molar-refractivity contribution is -0.115. The van der Waals surface area contributed by atoms with E-state index in [1.165, 1.54) is 18.2 Å². The predicted octanol–water partition coefficient (Wildman–Crippen LogP) is 3.39. The molecule has 1 aromatic carbocycles. The summed E-state index contributed by atoms with van der Waals surface area (Å²) < 4.78 is 19.1. The fraction of sp³-hybridized carbons (Fsp3) is 0.211. The van der Waals surface area contributed by atoms with E-state index in [-0.39, 0.29) is 29.6 Å². The van der Waals surface area contributed by atoms with Crippen LogP contribution in [-0.4, -0.2) is 34.8 Å². The summed E-state index contributed by atoms with van der Waals surface area (Å²) in [6.07, 6.45) is 6.93. The first-order valence-electron chi connectivity index (χ1n) is 8.19. The molecule has 8 heteroatoms. The van der Waals surface area contributed by atoms with Crippen LogP contribution in [0.1, 0.15) is 12.5 Å². The van der Waals surface area contributed by atoms with Gasteiger partial charge in [-0.15, -0.1) is 0 Å². The van der Waals surface area contributed by atoms with Gasteiger partial charge in [0, 0.05) is 11.5 Å². The zero-order valence-electron chi connectivity index (χ0n) is 14.4. The monoisotopic (exact) mass is 388 g/mol. The van der Waals surface area contributed by atoms with E-state index >= 15 is 0 Å². The minimum Gasteiger partial charge on any atom is -0.411 e. The highest BCUT2D eigenvalue weighted by atomic mass is 32.2.